The van der Waals surface area contributed by atoms with E-state index in [1.54, 1.807) is 0 Å². The summed E-state index contributed by atoms with van der Waals surface area (Å²) in [4.78, 5) is 24.5. The van der Waals surface area contributed by atoms with Crippen molar-refractivity contribution in [1.82, 2.24) is 5.32 Å². The summed E-state index contributed by atoms with van der Waals surface area (Å²) in [5.74, 6) is -0.0464. The number of hydrogen-bond donors (Lipinski definition) is 2. The minimum absolute atomic E-state index is 0. The first-order valence-electron chi connectivity index (χ1n) is 8.69. The number of amides is 1. The minimum Gasteiger partial charge on any atom is -0.349 e. The Balaban J connectivity index is 0.00000288. The van der Waals surface area contributed by atoms with Gasteiger partial charge in [-0.15, -0.1) is 12.4 Å². The number of Topliss-reactive ketones (excluding diaryl/α,β-unsaturated/α-hetero) is 1. The van der Waals surface area contributed by atoms with Gasteiger partial charge in [-0.2, -0.15) is 0 Å². The molecule has 0 heterocycles. The largest absolute Gasteiger partial charge is 0.349 e. The average Bonchev–Trinajstić information content (AvgIpc) is 3.05. The van der Waals surface area contributed by atoms with Crippen LogP contribution in [0.2, 0.25) is 0 Å². The van der Waals surface area contributed by atoms with Crippen LogP contribution in [0.1, 0.15) is 67.4 Å². The molecule has 0 aromatic heterocycles. The molecule has 0 aliphatic heterocycles. The molecule has 24 heavy (non-hydrogen) atoms. The lowest BCUT2D eigenvalue weighted by molar-refractivity contribution is -0.123. The van der Waals surface area contributed by atoms with Gasteiger partial charge >= 0.3 is 0 Å². The average molecular weight is 353 g/mol. The van der Waals surface area contributed by atoms with Crippen LogP contribution in [0.4, 0.5) is 0 Å². The third-order valence-electron chi connectivity index (χ3n) is 5.15. The Morgan fingerprint density at radius 3 is 2.42 bits per heavy atom. The van der Waals surface area contributed by atoms with Crippen molar-refractivity contribution in [2.24, 2.45) is 5.73 Å². The van der Waals surface area contributed by atoms with E-state index in [-0.39, 0.29) is 42.5 Å². The van der Waals surface area contributed by atoms with Crippen molar-refractivity contribution in [1.29, 1.82) is 0 Å². The second-order valence-corrected chi connectivity index (χ2v) is 6.50. The van der Waals surface area contributed by atoms with Crippen molar-refractivity contribution < 1.29 is 9.59 Å². The monoisotopic (exact) mass is 352 g/mol. The van der Waals surface area contributed by atoms with Crippen LogP contribution in [-0.2, 0) is 17.6 Å². The summed E-state index contributed by atoms with van der Waals surface area (Å²) in [6, 6.07) is 5.96. The van der Waals surface area contributed by atoms with Gasteiger partial charge in [0, 0.05) is 24.9 Å². The molecular formula is C19H29ClN2O2. The van der Waals surface area contributed by atoms with E-state index in [0.29, 0.717) is 6.54 Å². The second kappa shape index (κ2) is 9.19. The van der Waals surface area contributed by atoms with Crippen LogP contribution in [0, 0.1) is 0 Å². The number of nitrogens with two attached hydrogens (primary N) is 1. The molecule has 0 radical (unpaired) electrons. The molecule has 134 valence electrons. The first-order chi connectivity index (χ1) is 11.0. The number of carbonyl (C=O) groups excluding carboxylic acids is 2. The number of rotatable bonds is 8. The van der Waals surface area contributed by atoms with Gasteiger partial charge < -0.3 is 11.1 Å². The molecule has 4 nitrogen and oxygen atoms in total. The van der Waals surface area contributed by atoms with E-state index < -0.39 is 0 Å². The van der Waals surface area contributed by atoms with Gasteiger partial charge in [0.2, 0.25) is 5.91 Å². The minimum atomic E-state index is -0.340. The molecule has 2 rings (SSSR count). The Kier molecular flexibility index (Phi) is 7.91. The molecule has 0 spiro atoms. The van der Waals surface area contributed by atoms with Crippen molar-refractivity contribution in [3.63, 3.8) is 0 Å². The maximum absolute atomic E-state index is 12.3. The maximum atomic E-state index is 12.3. The highest BCUT2D eigenvalue weighted by Crippen LogP contribution is 2.23. The van der Waals surface area contributed by atoms with E-state index in [4.69, 9.17) is 5.73 Å². The molecule has 1 aromatic rings. The highest BCUT2D eigenvalue weighted by Gasteiger charge is 2.26. The summed E-state index contributed by atoms with van der Waals surface area (Å²) in [5, 5.41) is 3.01. The number of benzene rings is 1. The van der Waals surface area contributed by atoms with Gasteiger partial charge in [-0.05, 0) is 49.3 Å². The second-order valence-electron chi connectivity index (χ2n) is 6.50. The van der Waals surface area contributed by atoms with Crippen LogP contribution in [0.25, 0.3) is 0 Å². The summed E-state index contributed by atoms with van der Waals surface area (Å²) in [6.07, 6.45) is 5.40. The molecular weight excluding hydrogens is 324 g/mol. The van der Waals surface area contributed by atoms with Crippen LogP contribution in [0.3, 0.4) is 0 Å². The van der Waals surface area contributed by atoms with E-state index in [9.17, 15) is 9.59 Å². The Morgan fingerprint density at radius 2 is 1.79 bits per heavy atom. The van der Waals surface area contributed by atoms with Gasteiger partial charge in [0.15, 0.2) is 5.78 Å². The zero-order valence-corrected chi connectivity index (χ0v) is 15.5. The third kappa shape index (κ3) is 4.81. The van der Waals surface area contributed by atoms with Gasteiger partial charge in [0.1, 0.15) is 0 Å². The van der Waals surface area contributed by atoms with E-state index >= 15 is 0 Å². The maximum Gasteiger partial charge on any atom is 0.220 e. The molecule has 0 unspecified atom stereocenters. The van der Waals surface area contributed by atoms with Gasteiger partial charge in [-0.25, -0.2) is 0 Å². The Hall–Kier alpha value is -1.39. The quantitative estimate of drug-likeness (QED) is 0.706. The van der Waals surface area contributed by atoms with E-state index in [1.807, 2.05) is 26.0 Å². The number of hydrogen-bond acceptors (Lipinski definition) is 3. The van der Waals surface area contributed by atoms with Crippen molar-refractivity contribution in [3.8, 4) is 0 Å². The molecule has 0 atom stereocenters. The fourth-order valence-electron chi connectivity index (χ4n) is 3.24. The molecule has 0 saturated heterocycles. The molecule has 0 bridgehead atoms. The normalized spacial score (nSPS) is 13.1. The fraction of sp³-hybridized carbons (Fsp3) is 0.579. The topological polar surface area (TPSA) is 72.2 Å². The zero-order chi connectivity index (χ0) is 16.9. The first kappa shape index (κ1) is 20.7. The van der Waals surface area contributed by atoms with Gasteiger partial charge in [0.25, 0.3) is 0 Å². The van der Waals surface area contributed by atoms with Crippen LogP contribution in [-0.4, -0.2) is 23.8 Å². The van der Waals surface area contributed by atoms with Gasteiger partial charge in [-0.1, -0.05) is 26.0 Å². The molecule has 1 aromatic carbocycles. The molecule has 1 aliphatic carbocycles. The standard InChI is InChI=1S/C19H28N2O2.ClH/c1-3-19(4-2,13-20)21-18(23)11-10-17(22)16-9-8-14-6-5-7-15(14)12-16;/h8-9,12H,3-7,10-11,13,20H2,1-2H3,(H,21,23);1H. The van der Waals surface area contributed by atoms with Crippen molar-refractivity contribution in [2.45, 2.75) is 64.3 Å². The lowest BCUT2D eigenvalue weighted by Gasteiger charge is -2.31. The third-order valence-corrected chi connectivity index (χ3v) is 5.15. The molecule has 3 N–H and O–H groups in total. The predicted molar refractivity (Wildman–Crippen MR) is 99.8 cm³/mol. The number of ketones is 1. The summed E-state index contributed by atoms with van der Waals surface area (Å²) in [7, 11) is 0. The van der Waals surface area contributed by atoms with Crippen molar-refractivity contribution in [3.05, 3.63) is 34.9 Å². The predicted octanol–water partition coefficient (Wildman–Crippen LogP) is 3.19. The Labute approximate surface area is 151 Å². The van der Waals surface area contributed by atoms with E-state index in [1.165, 1.54) is 17.5 Å². The molecule has 1 aliphatic rings. The highest BCUT2D eigenvalue weighted by atomic mass is 35.5. The number of nitrogens with one attached hydrogen (secondary N) is 1. The zero-order valence-electron chi connectivity index (χ0n) is 14.7. The summed E-state index contributed by atoms with van der Waals surface area (Å²) in [5.41, 5.74) is 8.84. The van der Waals surface area contributed by atoms with Crippen molar-refractivity contribution in [2.75, 3.05) is 6.54 Å². The molecule has 5 heteroatoms. The van der Waals surface area contributed by atoms with Gasteiger partial charge in [0.05, 0.1) is 5.54 Å². The smallest absolute Gasteiger partial charge is 0.220 e. The van der Waals surface area contributed by atoms with Crippen LogP contribution in [0.5, 0.6) is 0 Å². The molecule has 1 amide bonds. The molecule has 0 fully saturated rings. The number of aryl methyl sites for hydroxylation is 2. The SMILES string of the molecule is CCC(CC)(CN)NC(=O)CCC(=O)c1ccc2c(c1)CCC2.Cl. The lowest BCUT2D eigenvalue weighted by atomic mass is 9.92. The number of fused-ring (bicyclic) bond motifs is 1. The summed E-state index contributed by atoms with van der Waals surface area (Å²) < 4.78 is 0. The summed E-state index contributed by atoms with van der Waals surface area (Å²) >= 11 is 0. The Morgan fingerprint density at radius 1 is 1.12 bits per heavy atom. The number of carbonyl (C=O) groups is 2. The van der Waals surface area contributed by atoms with E-state index in [0.717, 1.165) is 31.2 Å². The fourth-order valence-corrected chi connectivity index (χ4v) is 3.24. The lowest BCUT2D eigenvalue weighted by Crippen LogP contribution is -2.52. The van der Waals surface area contributed by atoms with Crippen LogP contribution < -0.4 is 11.1 Å². The van der Waals surface area contributed by atoms with Crippen molar-refractivity contribution >= 4 is 24.1 Å². The highest BCUT2D eigenvalue weighted by molar-refractivity contribution is 5.98. The van der Waals surface area contributed by atoms with Crippen LogP contribution >= 0.6 is 12.4 Å². The van der Waals surface area contributed by atoms with Gasteiger partial charge in [-0.3, -0.25) is 9.59 Å². The Bertz CT molecular complexity index is 574. The first-order valence-corrected chi connectivity index (χ1v) is 8.69. The van der Waals surface area contributed by atoms with Crippen LogP contribution in [0.15, 0.2) is 18.2 Å². The molecule has 0 saturated carbocycles. The summed E-state index contributed by atoms with van der Waals surface area (Å²) in [6.45, 7) is 4.46. The van der Waals surface area contributed by atoms with E-state index in [2.05, 4.69) is 11.4 Å². The number of halogens is 1.